The highest BCUT2D eigenvalue weighted by atomic mass is 16.5. The van der Waals surface area contributed by atoms with Crippen LogP contribution in [0.4, 0.5) is 0 Å². The van der Waals surface area contributed by atoms with Crippen molar-refractivity contribution in [1.29, 1.82) is 0 Å². The smallest absolute Gasteiger partial charge is 0.343 e. The first-order chi connectivity index (χ1) is 12.0. The van der Waals surface area contributed by atoms with Gasteiger partial charge in [0.05, 0.1) is 19.3 Å². The highest BCUT2D eigenvalue weighted by Gasteiger charge is 2.16. The fourth-order valence-electron chi connectivity index (χ4n) is 2.09. The molecule has 5 heteroatoms. The number of methoxy groups -OCH3 is 1. The van der Waals surface area contributed by atoms with Crippen LogP contribution in [0.1, 0.15) is 41.0 Å². The zero-order valence-electron chi connectivity index (χ0n) is 14.7. The maximum atomic E-state index is 12.3. The average Bonchev–Trinajstić information content (AvgIpc) is 2.61. The van der Waals surface area contributed by atoms with Crippen molar-refractivity contribution >= 4 is 11.9 Å². The highest BCUT2D eigenvalue weighted by Crippen LogP contribution is 2.21. The van der Waals surface area contributed by atoms with E-state index in [2.05, 4.69) is 18.6 Å². The zero-order valence-corrected chi connectivity index (χ0v) is 14.7. The first-order valence-corrected chi connectivity index (χ1v) is 8.13. The molecule has 2 aromatic rings. The van der Waals surface area contributed by atoms with Gasteiger partial charge in [-0.05, 0) is 48.7 Å². The van der Waals surface area contributed by atoms with E-state index in [0.717, 1.165) is 6.42 Å². The molecule has 2 aromatic carbocycles. The standard InChI is InChI=1S/C20H22O5/c1-14(2)12-13-24-16-10-8-15(9-11-16)19(21)25-18-7-5-4-6-17(18)20(22)23-3/h4-11,14H,12-13H2,1-3H3. The van der Waals surface area contributed by atoms with Gasteiger partial charge >= 0.3 is 11.9 Å². The monoisotopic (exact) mass is 342 g/mol. The van der Waals surface area contributed by atoms with E-state index in [4.69, 9.17) is 9.47 Å². The third-order valence-corrected chi connectivity index (χ3v) is 3.55. The molecular weight excluding hydrogens is 320 g/mol. The quantitative estimate of drug-likeness (QED) is 0.559. The lowest BCUT2D eigenvalue weighted by atomic mass is 10.1. The van der Waals surface area contributed by atoms with Crippen molar-refractivity contribution < 1.29 is 23.8 Å². The maximum Gasteiger partial charge on any atom is 0.343 e. The molecule has 0 aliphatic rings. The Morgan fingerprint density at radius 2 is 1.64 bits per heavy atom. The van der Waals surface area contributed by atoms with Crippen LogP contribution in [0.3, 0.4) is 0 Å². The third kappa shape index (κ3) is 5.35. The molecular formula is C20H22O5. The van der Waals surface area contributed by atoms with Crippen molar-refractivity contribution in [3.05, 3.63) is 59.7 Å². The summed E-state index contributed by atoms with van der Waals surface area (Å²) in [4.78, 5) is 24.0. The molecule has 0 N–H and O–H groups in total. The summed E-state index contributed by atoms with van der Waals surface area (Å²) in [5.41, 5.74) is 0.572. The largest absolute Gasteiger partial charge is 0.494 e. The Labute approximate surface area is 147 Å². The van der Waals surface area contributed by atoms with Crippen LogP contribution in [0.15, 0.2) is 48.5 Å². The fourth-order valence-corrected chi connectivity index (χ4v) is 2.09. The van der Waals surface area contributed by atoms with E-state index in [-0.39, 0.29) is 11.3 Å². The summed E-state index contributed by atoms with van der Waals surface area (Å²) in [6, 6.07) is 13.2. The molecule has 0 bridgehead atoms. The highest BCUT2D eigenvalue weighted by molar-refractivity contribution is 5.96. The van der Waals surface area contributed by atoms with E-state index in [1.807, 2.05) is 0 Å². The normalized spacial score (nSPS) is 10.4. The van der Waals surface area contributed by atoms with E-state index in [0.29, 0.717) is 23.8 Å². The van der Waals surface area contributed by atoms with Crippen LogP contribution in [-0.2, 0) is 4.74 Å². The minimum atomic E-state index is -0.558. The molecule has 0 saturated carbocycles. The van der Waals surface area contributed by atoms with E-state index < -0.39 is 11.9 Å². The first-order valence-electron chi connectivity index (χ1n) is 8.13. The molecule has 0 unspecified atom stereocenters. The lowest BCUT2D eigenvalue weighted by molar-refractivity contribution is 0.0593. The summed E-state index contributed by atoms with van der Waals surface area (Å²) >= 11 is 0. The average molecular weight is 342 g/mol. The molecule has 2 rings (SSSR count). The van der Waals surface area contributed by atoms with E-state index in [9.17, 15) is 9.59 Å². The van der Waals surface area contributed by atoms with Crippen molar-refractivity contribution in [1.82, 2.24) is 0 Å². The van der Waals surface area contributed by atoms with Gasteiger partial charge in [-0.3, -0.25) is 0 Å². The Kier molecular flexibility index (Phi) is 6.57. The number of benzene rings is 2. The Hall–Kier alpha value is -2.82. The Balaban J connectivity index is 2.03. The number of para-hydroxylation sites is 1. The van der Waals surface area contributed by atoms with E-state index >= 15 is 0 Å². The van der Waals surface area contributed by atoms with Crippen LogP contribution in [-0.4, -0.2) is 25.7 Å². The molecule has 0 aliphatic carbocycles. The topological polar surface area (TPSA) is 61.8 Å². The summed E-state index contributed by atoms with van der Waals surface area (Å²) in [7, 11) is 1.28. The van der Waals surface area contributed by atoms with Crippen LogP contribution in [0.25, 0.3) is 0 Å². The van der Waals surface area contributed by atoms with Crippen LogP contribution >= 0.6 is 0 Å². The van der Waals surface area contributed by atoms with Crippen LogP contribution < -0.4 is 9.47 Å². The molecule has 0 amide bonds. The predicted molar refractivity (Wildman–Crippen MR) is 94.1 cm³/mol. The van der Waals surface area contributed by atoms with Crippen LogP contribution in [0.2, 0.25) is 0 Å². The maximum absolute atomic E-state index is 12.3. The second-order valence-electron chi connectivity index (χ2n) is 5.93. The Bertz CT molecular complexity index is 719. The Morgan fingerprint density at radius 1 is 0.960 bits per heavy atom. The summed E-state index contributed by atoms with van der Waals surface area (Å²) < 4.78 is 15.6. The van der Waals surface area contributed by atoms with Crippen LogP contribution in [0, 0.1) is 5.92 Å². The van der Waals surface area contributed by atoms with Crippen molar-refractivity contribution in [2.45, 2.75) is 20.3 Å². The lowest BCUT2D eigenvalue weighted by Crippen LogP contribution is -2.12. The van der Waals surface area contributed by atoms with E-state index in [1.165, 1.54) is 7.11 Å². The van der Waals surface area contributed by atoms with Gasteiger partial charge in [-0.2, -0.15) is 0 Å². The number of hydrogen-bond donors (Lipinski definition) is 0. The molecule has 5 nitrogen and oxygen atoms in total. The zero-order chi connectivity index (χ0) is 18.2. The molecule has 0 saturated heterocycles. The van der Waals surface area contributed by atoms with Crippen molar-refractivity contribution in [2.75, 3.05) is 13.7 Å². The molecule has 25 heavy (non-hydrogen) atoms. The molecule has 0 aliphatic heterocycles. The van der Waals surface area contributed by atoms with Crippen LogP contribution in [0.5, 0.6) is 11.5 Å². The first kappa shape index (κ1) is 18.5. The number of rotatable bonds is 7. The third-order valence-electron chi connectivity index (χ3n) is 3.55. The minimum absolute atomic E-state index is 0.164. The van der Waals surface area contributed by atoms with Crippen molar-refractivity contribution in [3.63, 3.8) is 0 Å². The summed E-state index contributed by atoms with van der Waals surface area (Å²) in [5, 5.41) is 0. The molecule has 0 spiro atoms. The molecule has 0 heterocycles. The van der Waals surface area contributed by atoms with Gasteiger partial charge in [-0.1, -0.05) is 26.0 Å². The van der Waals surface area contributed by atoms with Gasteiger partial charge in [-0.15, -0.1) is 0 Å². The second kappa shape index (κ2) is 8.87. The summed E-state index contributed by atoms with van der Waals surface area (Å²) in [5.74, 6) is 0.329. The molecule has 0 radical (unpaired) electrons. The molecule has 0 aromatic heterocycles. The molecule has 0 fully saturated rings. The van der Waals surface area contributed by atoms with Gasteiger partial charge < -0.3 is 14.2 Å². The minimum Gasteiger partial charge on any atom is -0.494 e. The van der Waals surface area contributed by atoms with Gasteiger partial charge in [0.15, 0.2) is 0 Å². The SMILES string of the molecule is COC(=O)c1ccccc1OC(=O)c1ccc(OCCC(C)C)cc1. The predicted octanol–water partition coefficient (Wildman–Crippen LogP) is 4.12. The number of carbonyl (C=O) groups is 2. The number of carbonyl (C=O) groups excluding carboxylic acids is 2. The van der Waals surface area contributed by atoms with E-state index in [1.54, 1.807) is 48.5 Å². The van der Waals surface area contributed by atoms with Crippen molar-refractivity contribution in [3.8, 4) is 11.5 Å². The van der Waals surface area contributed by atoms with Gasteiger partial charge in [0.2, 0.25) is 0 Å². The number of esters is 2. The summed E-state index contributed by atoms with van der Waals surface area (Å²) in [6.45, 7) is 4.90. The Morgan fingerprint density at radius 3 is 2.28 bits per heavy atom. The molecule has 0 atom stereocenters. The number of ether oxygens (including phenoxy) is 3. The van der Waals surface area contributed by atoms with Gasteiger partial charge in [0, 0.05) is 0 Å². The van der Waals surface area contributed by atoms with Gasteiger partial charge in [-0.25, -0.2) is 9.59 Å². The van der Waals surface area contributed by atoms with Gasteiger partial charge in [0.1, 0.15) is 17.1 Å². The van der Waals surface area contributed by atoms with Gasteiger partial charge in [0.25, 0.3) is 0 Å². The fraction of sp³-hybridized carbons (Fsp3) is 0.300. The number of hydrogen-bond acceptors (Lipinski definition) is 5. The lowest BCUT2D eigenvalue weighted by Gasteiger charge is -2.10. The summed E-state index contributed by atoms with van der Waals surface area (Å²) in [6.07, 6.45) is 0.966. The van der Waals surface area contributed by atoms with Crippen molar-refractivity contribution in [2.24, 2.45) is 5.92 Å². The molecule has 132 valence electrons. The second-order valence-corrected chi connectivity index (χ2v) is 5.93.